The van der Waals surface area contributed by atoms with Crippen molar-refractivity contribution in [3.05, 3.63) is 28.8 Å². The fraction of sp³-hybridized carbons (Fsp3) is 0.526. The van der Waals surface area contributed by atoms with E-state index in [1.807, 2.05) is 0 Å². The van der Waals surface area contributed by atoms with Gasteiger partial charge in [-0.05, 0) is 62.6 Å². The second-order valence-corrected chi connectivity index (χ2v) is 7.90. The monoisotopic (exact) mass is 409 g/mol. The van der Waals surface area contributed by atoms with Crippen molar-refractivity contribution in [3.8, 4) is 5.75 Å². The molecule has 1 aromatic rings. The lowest BCUT2D eigenvalue weighted by atomic mass is 9.87. The molecule has 2 aliphatic heterocycles. The zero-order valence-electron chi connectivity index (χ0n) is 15.3. The molecule has 0 bridgehead atoms. The Morgan fingerprint density at radius 1 is 1.33 bits per heavy atom. The van der Waals surface area contributed by atoms with Crippen LogP contribution in [-0.4, -0.2) is 54.0 Å². The molecule has 0 unspecified atom stereocenters. The first-order chi connectivity index (χ1) is 12.9. The summed E-state index contributed by atoms with van der Waals surface area (Å²) in [5, 5.41) is 6.79. The number of benzene rings is 1. The van der Waals surface area contributed by atoms with E-state index in [2.05, 4.69) is 15.5 Å². The molecule has 1 aromatic carbocycles. The molecular formula is C19H24ClN3O3S. The lowest BCUT2D eigenvalue weighted by Crippen LogP contribution is -2.54. The highest BCUT2D eigenvalue weighted by Crippen LogP contribution is 2.26. The van der Waals surface area contributed by atoms with Crippen LogP contribution in [0.5, 0.6) is 5.75 Å². The number of rotatable bonds is 7. The number of Topliss-reactive ketones (excluding diaryl/α,β-unsaturated/α-hetero) is 1. The molecule has 2 N–H and O–H groups in total. The summed E-state index contributed by atoms with van der Waals surface area (Å²) in [6, 6.07) is 5.10. The number of piperidine rings is 1. The molecule has 0 radical (unpaired) electrons. The van der Waals surface area contributed by atoms with Gasteiger partial charge in [0.25, 0.3) is 5.91 Å². The minimum Gasteiger partial charge on any atom is -0.496 e. The molecule has 1 amide bonds. The summed E-state index contributed by atoms with van der Waals surface area (Å²) in [5.74, 6) is 0.603. The van der Waals surface area contributed by atoms with Crippen molar-refractivity contribution in [2.75, 3.05) is 26.7 Å². The summed E-state index contributed by atoms with van der Waals surface area (Å²) in [5.41, 5.74) is 0.0198. The number of halogens is 1. The van der Waals surface area contributed by atoms with Crippen molar-refractivity contribution in [2.24, 2.45) is 0 Å². The van der Waals surface area contributed by atoms with E-state index in [1.165, 1.54) is 0 Å². The van der Waals surface area contributed by atoms with Gasteiger partial charge < -0.3 is 20.3 Å². The van der Waals surface area contributed by atoms with Gasteiger partial charge in [-0.1, -0.05) is 11.6 Å². The van der Waals surface area contributed by atoms with Crippen molar-refractivity contribution in [3.63, 3.8) is 0 Å². The number of hydrogen-bond acceptors (Lipinski definition) is 5. The van der Waals surface area contributed by atoms with E-state index in [-0.39, 0.29) is 11.7 Å². The third-order valence-corrected chi connectivity index (χ3v) is 5.75. The Morgan fingerprint density at radius 3 is 2.70 bits per heavy atom. The van der Waals surface area contributed by atoms with Gasteiger partial charge in [-0.25, -0.2) is 0 Å². The van der Waals surface area contributed by atoms with Crippen molar-refractivity contribution in [1.82, 2.24) is 15.5 Å². The lowest BCUT2D eigenvalue weighted by Gasteiger charge is -2.37. The molecule has 0 aliphatic carbocycles. The van der Waals surface area contributed by atoms with Gasteiger partial charge in [0.05, 0.1) is 12.7 Å². The van der Waals surface area contributed by atoms with Gasteiger partial charge in [-0.15, -0.1) is 0 Å². The van der Waals surface area contributed by atoms with Crippen LogP contribution in [0, 0.1) is 0 Å². The summed E-state index contributed by atoms with van der Waals surface area (Å²) in [6.45, 7) is 2.61. The van der Waals surface area contributed by atoms with Crippen LogP contribution in [0.4, 0.5) is 0 Å². The molecule has 0 aromatic heterocycles. The molecule has 6 nitrogen and oxygen atoms in total. The topological polar surface area (TPSA) is 70.7 Å². The van der Waals surface area contributed by atoms with Gasteiger partial charge in [-0.3, -0.25) is 9.59 Å². The summed E-state index contributed by atoms with van der Waals surface area (Å²) in [6.07, 6.45) is 3.70. The predicted octanol–water partition coefficient (Wildman–Crippen LogP) is 2.54. The molecule has 27 heavy (non-hydrogen) atoms. The Bertz CT molecular complexity index is 748. The zero-order chi connectivity index (χ0) is 19.4. The van der Waals surface area contributed by atoms with Gasteiger partial charge in [0, 0.05) is 24.5 Å². The summed E-state index contributed by atoms with van der Waals surface area (Å²) >= 11 is 11.0. The van der Waals surface area contributed by atoms with Crippen molar-refractivity contribution >= 4 is 40.6 Å². The average Bonchev–Trinajstić information content (AvgIpc) is 2.93. The number of ketones is 1. The molecule has 2 heterocycles. The van der Waals surface area contributed by atoms with Crippen LogP contribution in [0.1, 0.15) is 42.5 Å². The van der Waals surface area contributed by atoms with Crippen molar-refractivity contribution in [2.45, 2.75) is 37.6 Å². The van der Waals surface area contributed by atoms with Crippen LogP contribution in [0.3, 0.4) is 0 Å². The van der Waals surface area contributed by atoms with Gasteiger partial charge in [-0.2, -0.15) is 0 Å². The second-order valence-electron chi connectivity index (χ2n) is 7.06. The predicted molar refractivity (Wildman–Crippen MR) is 108 cm³/mol. The highest BCUT2D eigenvalue weighted by Gasteiger charge is 2.46. The van der Waals surface area contributed by atoms with E-state index < -0.39 is 5.54 Å². The van der Waals surface area contributed by atoms with Gasteiger partial charge in [0.1, 0.15) is 11.3 Å². The first-order valence-corrected chi connectivity index (χ1v) is 9.95. The number of methoxy groups -OCH3 is 1. The molecule has 146 valence electrons. The molecule has 0 atom stereocenters. The molecule has 3 rings (SSSR count). The average molecular weight is 410 g/mol. The standard InChI is InChI=1S/C19H24ClN3O3S/c1-26-16-6-5-13(20)12-14(16)15(24)4-2-3-9-23-10-7-19(8-11-23)17(25)21-18(27)22-19/h5-6,12H,2-4,7-11H2,1H3,(H2,21,22,25,27). The number of carbonyl (C=O) groups is 2. The number of nitrogens with one attached hydrogen (secondary N) is 2. The largest absolute Gasteiger partial charge is 0.496 e. The van der Waals surface area contributed by atoms with Crippen molar-refractivity contribution in [1.29, 1.82) is 0 Å². The number of ether oxygens (including phenoxy) is 1. The van der Waals surface area contributed by atoms with Gasteiger partial charge >= 0.3 is 0 Å². The van der Waals surface area contributed by atoms with Crippen LogP contribution < -0.4 is 15.4 Å². The first-order valence-electron chi connectivity index (χ1n) is 9.16. The number of nitrogens with zero attached hydrogens (tertiary/aromatic N) is 1. The summed E-state index contributed by atoms with van der Waals surface area (Å²) in [7, 11) is 1.55. The number of carbonyl (C=O) groups excluding carboxylic acids is 2. The van der Waals surface area contributed by atoms with E-state index in [1.54, 1.807) is 25.3 Å². The minimum atomic E-state index is -0.521. The maximum absolute atomic E-state index is 12.4. The Morgan fingerprint density at radius 2 is 2.07 bits per heavy atom. The van der Waals surface area contributed by atoms with Crippen LogP contribution in [0.15, 0.2) is 18.2 Å². The van der Waals surface area contributed by atoms with Crippen LogP contribution in [0.2, 0.25) is 5.02 Å². The van der Waals surface area contributed by atoms with E-state index in [4.69, 9.17) is 28.6 Å². The molecular weight excluding hydrogens is 386 g/mol. The SMILES string of the molecule is COc1ccc(Cl)cc1C(=O)CCCCN1CCC2(CC1)NC(=S)NC2=O. The van der Waals surface area contributed by atoms with Gasteiger partial charge in [0.2, 0.25) is 0 Å². The van der Waals surface area contributed by atoms with Crippen molar-refractivity contribution < 1.29 is 14.3 Å². The fourth-order valence-corrected chi connectivity index (χ4v) is 4.15. The quantitative estimate of drug-likeness (QED) is 0.409. The normalized spacial score (nSPS) is 19.0. The second kappa shape index (κ2) is 8.54. The van der Waals surface area contributed by atoms with Crippen LogP contribution >= 0.6 is 23.8 Å². The molecule has 8 heteroatoms. The summed E-state index contributed by atoms with van der Waals surface area (Å²) in [4.78, 5) is 26.9. The highest BCUT2D eigenvalue weighted by atomic mass is 35.5. The van der Waals surface area contributed by atoms with Crippen LogP contribution in [0.25, 0.3) is 0 Å². The summed E-state index contributed by atoms with van der Waals surface area (Å²) < 4.78 is 5.25. The smallest absolute Gasteiger partial charge is 0.251 e. The molecule has 2 saturated heterocycles. The Hall–Kier alpha value is -1.70. The number of hydrogen-bond donors (Lipinski definition) is 2. The molecule has 0 saturated carbocycles. The highest BCUT2D eigenvalue weighted by molar-refractivity contribution is 7.80. The Balaban J connectivity index is 1.41. The maximum atomic E-state index is 12.4. The number of unbranched alkanes of at least 4 members (excludes halogenated alkanes) is 1. The van der Waals surface area contributed by atoms with E-state index >= 15 is 0 Å². The Labute approximate surface area is 169 Å². The molecule has 1 spiro atoms. The van der Waals surface area contributed by atoms with E-state index in [9.17, 15) is 9.59 Å². The molecule has 2 fully saturated rings. The lowest BCUT2D eigenvalue weighted by molar-refractivity contribution is -0.125. The minimum absolute atomic E-state index is 0.00628. The number of thiocarbonyl (C=S) groups is 1. The number of likely N-dealkylation sites (tertiary alicyclic amines) is 1. The molecule has 2 aliphatic rings. The van der Waals surface area contributed by atoms with E-state index in [0.29, 0.717) is 27.9 Å². The maximum Gasteiger partial charge on any atom is 0.251 e. The number of amides is 1. The third kappa shape index (κ3) is 4.59. The third-order valence-electron chi connectivity index (χ3n) is 5.31. The van der Waals surface area contributed by atoms with Crippen LogP contribution in [-0.2, 0) is 4.79 Å². The van der Waals surface area contributed by atoms with E-state index in [0.717, 1.165) is 45.3 Å². The Kier molecular flexibility index (Phi) is 6.34. The zero-order valence-corrected chi connectivity index (χ0v) is 16.9. The fourth-order valence-electron chi connectivity index (χ4n) is 3.69. The first kappa shape index (κ1) is 20.0. The van der Waals surface area contributed by atoms with Gasteiger partial charge in [0.15, 0.2) is 10.9 Å².